The molecule has 7 nitrogen and oxygen atoms in total. The number of hydrogen-bond donors (Lipinski definition) is 0. The number of anilines is 1. The van der Waals surface area contributed by atoms with Crippen LogP contribution in [0.1, 0.15) is 23.7 Å². The smallest absolute Gasteiger partial charge is 0.276 e. The average Bonchev–Trinajstić information content (AvgIpc) is 3.39. The van der Waals surface area contributed by atoms with Crippen LogP contribution in [0.2, 0.25) is 0 Å². The van der Waals surface area contributed by atoms with Gasteiger partial charge in [-0.25, -0.2) is 0 Å². The van der Waals surface area contributed by atoms with Crippen LogP contribution in [0.5, 0.6) is 0 Å². The molecule has 0 N–H and O–H groups in total. The van der Waals surface area contributed by atoms with Gasteiger partial charge in [0.1, 0.15) is 5.69 Å². The predicted octanol–water partition coefficient (Wildman–Crippen LogP) is 4.66. The van der Waals surface area contributed by atoms with E-state index in [0.29, 0.717) is 18.3 Å². The second-order valence-electron chi connectivity index (χ2n) is 7.00. The normalized spacial score (nSPS) is 13.1. The summed E-state index contributed by atoms with van der Waals surface area (Å²) in [4.78, 5) is 21.5. The van der Waals surface area contributed by atoms with Crippen molar-refractivity contribution in [3.8, 4) is 23.0 Å². The van der Waals surface area contributed by atoms with Crippen molar-refractivity contribution in [3.05, 3.63) is 60.3 Å². The van der Waals surface area contributed by atoms with Crippen molar-refractivity contribution in [1.29, 1.82) is 0 Å². The molecule has 1 aliphatic rings. The number of carbonyl (C=O) groups excluding carboxylic acids is 1. The molecule has 2 aromatic heterocycles. The van der Waals surface area contributed by atoms with E-state index < -0.39 is 0 Å². The van der Waals surface area contributed by atoms with E-state index in [1.807, 2.05) is 60.5 Å². The zero-order valence-electron chi connectivity index (χ0n) is 16.6. The van der Waals surface area contributed by atoms with Gasteiger partial charge in [0.25, 0.3) is 11.8 Å². The molecule has 0 saturated carbocycles. The summed E-state index contributed by atoms with van der Waals surface area (Å²) in [5.74, 6) is 0.950. The first kappa shape index (κ1) is 18.6. The number of fused-ring (bicyclic) bond motifs is 2. The van der Waals surface area contributed by atoms with E-state index in [4.69, 9.17) is 4.52 Å². The van der Waals surface area contributed by atoms with Crippen molar-refractivity contribution in [2.45, 2.75) is 23.1 Å². The van der Waals surface area contributed by atoms with E-state index in [1.165, 1.54) is 0 Å². The van der Waals surface area contributed by atoms with Gasteiger partial charge in [0.2, 0.25) is 5.82 Å². The number of amides is 1. The molecule has 30 heavy (non-hydrogen) atoms. The van der Waals surface area contributed by atoms with Crippen LogP contribution >= 0.6 is 11.8 Å². The minimum absolute atomic E-state index is 0.0319. The minimum atomic E-state index is 0.0319. The molecule has 0 bridgehead atoms. The molecule has 0 atom stereocenters. The molecule has 1 aliphatic heterocycles. The number of hydrogen-bond acceptors (Lipinski definition) is 6. The Morgan fingerprint density at radius 3 is 2.77 bits per heavy atom. The maximum atomic E-state index is 13.2. The Balaban J connectivity index is 1.58. The molecule has 8 heteroatoms. The number of aryl methyl sites for hydroxylation is 1. The Hall–Kier alpha value is -3.39. The van der Waals surface area contributed by atoms with Crippen LogP contribution in [0, 0.1) is 0 Å². The van der Waals surface area contributed by atoms with Gasteiger partial charge in [-0.2, -0.15) is 10.1 Å². The number of benzene rings is 2. The van der Waals surface area contributed by atoms with Crippen molar-refractivity contribution in [1.82, 2.24) is 19.9 Å². The molecule has 4 aromatic rings. The van der Waals surface area contributed by atoms with E-state index in [9.17, 15) is 4.79 Å². The van der Waals surface area contributed by atoms with Gasteiger partial charge in [-0.15, -0.1) is 0 Å². The van der Waals surface area contributed by atoms with Crippen molar-refractivity contribution in [2.24, 2.45) is 7.05 Å². The summed E-state index contributed by atoms with van der Waals surface area (Å²) in [6, 6.07) is 15.5. The highest BCUT2D eigenvalue weighted by Crippen LogP contribution is 2.43. The topological polar surface area (TPSA) is 77.0 Å². The third-order valence-electron chi connectivity index (χ3n) is 5.00. The lowest BCUT2D eigenvalue weighted by Gasteiger charge is -2.22. The quantitative estimate of drug-likeness (QED) is 0.481. The third-order valence-corrected chi connectivity index (χ3v) is 6.13. The molecule has 0 fully saturated rings. The molecule has 150 valence electrons. The Morgan fingerprint density at radius 2 is 1.97 bits per heavy atom. The summed E-state index contributed by atoms with van der Waals surface area (Å²) in [7, 11) is 1.83. The Bertz CT molecular complexity index is 1250. The fourth-order valence-corrected chi connectivity index (χ4v) is 4.66. The summed E-state index contributed by atoms with van der Waals surface area (Å²) in [5.41, 5.74) is 3.22. The van der Waals surface area contributed by atoms with Gasteiger partial charge < -0.3 is 9.42 Å². The van der Waals surface area contributed by atoms with Crippen LogP contribution in [-0.4, -0.2) is 32.4 Å². The average molecular weight is 417 g/mol. The summed E-state index contributed by atoms with van der Waals surface area (Å²) in [6.07, 6.45) is 2.56. The summed E-state index contributed by atoms with van der Waals surface area (Å²) < 4.78 is 7.14. The minimum Gasteiger partial charge on any atom is -0.332 e. The fraction of sp³-hybridized carbons (Fsp3) is 0.182. The maximum absolute atomic E-state index is 13.2. The summed E-state index contributed by atoms with van der Waals surface area (Å²) in [6.45, 7) is 2.73. The first-order valence-electron chi connectivity index (χ1n) is 9.71. The molecule has 0 saturated heterocycles. The van der Waals surface area contributed by atoms with Gasteiger partial charge in [0.15, 0.2) is 0 Å². The van der Waals surface area contributed by atoms with Crippen LogP contribution in [-0.2, 0) is 7.05 Å². The highest BCUT2D eigenvalue weighted by Gasteiger charge is 2.27. The molecule has 0 spiro atoms. The Labute approximate surface area is 177 Å². The Kier molecular flexibility index (Phi) is 4.63. The summed E-state index contributed by atoms with van der Waals surface area (Å²) in [5, 5.41) is 8.30. The Morgan fingerprint density at radius 1 is 1.10 bits per heavy atom. The lowest BCUT2D eigenvalue weighted by atomic mass is 10.1. The molecular formula is C22H19N5O2S. The third kappa shape index (κ3) is 3.09. The first-order valence-corrected chi connectivity index (χ1v) is 10.5. The second kappa shape index (κ2) is 7.46. The number of aromatic nitrogens is 4. The lowest BCUT2D eigenvalue weighted by Crippen LogP contribution is -2.31. The number of carbonyl (C=O) groups is 1. The zero-order valence-corrected chi connectivity index (χ0v) is 17.4. The van der Waals surface area contributed by atoms with Gasteiger partial charge in [0.05, 0.1) is 11.3 Å². The van der Waals surface area contributed by atoms with Crippen molar-refractivity contribution in [3.63, 3.8) is 0 Å². The van der Waals surface area contributed by atoms with Crippen LogP contribution in [0.3, 0.4) is 0 Å². The highest BCUT2D eigenvalue weighted by molar-refractivity contribution is 7.99. The van der Waals surface area contributed by atoms with Gasteiger partial charge in [-0.3, -0.25) is 9.48 Å². The zero-order chi connectivity index (χ0) is 20.7. The second-order valence-corrected chi connectivity index (χ2v) is 8.08. The van der Waals surface area contributed by atoms with Gasteiger partial charge in [-0.1, -0.05) is 36.0 Å². The SMILES string of the molecule is CCCN1C(=O)c2ccccc2Sc2cc(-c3noc(-c4ccnn4C)n3)ccc21. The van der Waals surface area contributed by atoms with Crippen LogP contribution in [0.4, 0.5) is 5.69 Å². The molecule has 5 rings (SSSR count). The maximum Gasteiger partial charge on any atom is 0.276 e. The molecule has 2 aromatic carbocycles. The standard InChI is InChI=1S/C22H19N5O2S/c1-3-12-27-16-9-8-14(20-24-21(29-25-20)17-10-11-23-26(17)2)13-19(16)30-18-7-5-4-6-15(18)22(27)28/h4-11,13H,3,12H2,1-2H3. The summed E-state index contributed by atoms with van der Waals surface area (Å²) >= 11 is 1.59. The highest BCUT2D eigenvalue weighted by atomic mass is 32.2. The van der Waals surface area contributed by atoms with Crippen LogP contribution in [0.25, 0.3) is 23.0 Å². The fourth-order valence-electron chi connectivity index (χ4n) is 3.54. The van der Waals surface area contributed by atoms with Gasteiger partial charge >= 0.3 is 0 Å². The van der Waals surface area contributed by atoms with Crippen molar-refractivity contribution < 1.29 is 9.32 Å². The molecule has 0 unspecified atom stereocenters. The lowest BCUT2D eigenvalue weighted by molar-refractivity contribution is 0.0984. The van der Waals surface area contributed by atoms with Crippen LogP contribution < -0.4 is 4.90 Å². The molecule has 3 heterocycles. The van der Waals surface area contributed by atoms with Gasteiger partial charge in [-0.05, 0) is 42.8 Å². The molecule has 0 aliphatic carbocycles. The van der Waals surface area contributed by atoms with Crippen molar-refractivity contribution >= 4 is 23.4 Å². The molecular weight excluding hydrogens is 398 g/mol. The van der Waals surface area contributed by atoms with E-state index >= 15 is 0 Å². The van der Waals surface area contributed by atoms with E-state index in [-0.39, 0.29) is 5.91 Å². The monoisotopic (exact) mass is 417 g/mol. The molecule has 1 amide bonds. The van der Waals surface area contributed by atoms with E-state index in [1.54, 1.807) is 22.6 Å². The van der Waals surface area contributed by atoms with Crippen molar-refractivity contribution in [2.75, 3.05) is 11.4 Å². The van der Waals surface area contributed by atoms with Crippen LogP contribution in [0.15, 0.2) is 69.0 Å². The predicted molar refractivity (Wildman–Crippen MR) is 114 cm³/mol. The largest absolute Gasteiger partial charge is 0.332 e. The first-order chi connectivity index (χ1) is 14.7. The molecule has 0 radical (unpaired) electrons. The van der Waals surface area contributed by atoms with E-state index in [2.05, 4.69) is 22.2 Å². The van der Waals surface area contributed by atoms with Gasteiger partial charge in [0, 0.05) is 35.1 Å². The number of nitrogens with zero attached hydrogens (tertiary/aromatic N) is 5. The number of rotatable bonds is 4. The van der Waals surface area contributed by atoms with E-state index in [0.717, 1.165) is 38.7 Å².